The Labute approximate surface area is 174 Å². The molecule has 0 bridgehead atoms. The summed E-state index contributed by atoms with van der Waals surface area (Å²) < 4.78 is 56.0. The summed E-state index contributed by atoms with van der Waals surface area (Å²) in [6.45, 7) is 1.41. The van der Waals surface area contributed by atoms with Gasteiger partial charge in [0.15, 0.2) is 11.3 Å². The van der Waals surface area contributed by atoms with Crippen LogP contribution in [0.3, 0.4) is 0 Å². The van der Waals surface area contributed by atoms with Crippen LogP contribution in [0.1, 0.15) is 23.0 Å². The van der Waals surface area contributed by atoms with E-state index in [2.05, 4.69) is 9.97 Å². The second-order valence-corrected chi connectivity index (χ2v) is 6.41. The zero-order chi connectivity index (χ0) is 22.1. The number of rotatable bonds is 5. The topological polar surface area (TPSA) is 70.5 Å². The monoisotopic (exact) mass is 440 g/mol. The molecule has 0 N–H and O–H groups in total. The van der Waals surface area contributed by atoms with Gasteiger partial charge in [-0.2, -0.15) is 13.2 Å². The number of hydrogen-bond acceptors (Lipinski definition) is 6. The van der Waals surface area contributed by atoms with Crippen molar-refractivity contribution in [3.63, 3.8) is 0 Å². The number of methoxy groups -OCH3 is 2. The first kappa shape index (κ1) is 21.6. The van der Waals surface area contributed by atoms with Crippen molar-refractivity contribution in [1.82, 2.24) is 9.97 Å². The average Bonchev–Trinajstić information content (AvgIpc) is 2.71. The molecule has 30 heavy (non-hydrogen) atoms. The van der Waals surface area contributed by atoms with E-state index in [9.17, 15) is 18.0 Å². The summed E-state index contributed by atoms with van der Waals surface area (Å²) in [5.74, 6) is -0.407. The third-order valence-corrected chi connectivity index (χ3v) is 4.47. The molecule has 6 nitrogen and oxygen atoms in total. The van der Waals surface area contributed by atoms with E-state index >= 15 is 0 Å². The molecule has 158 valence electrons. The van der Waals surface area contributed by atoms with Crippen LogP contribution < -0.4 is 9.47 Å². The molecule has 0 unspecified atom stereocenters. The predicted molar refractivity (Wildman–Crippen MR) is 104 cm³/mol. The van der Waals surface area contributed by atoms with Gasteiger partial charge in [-0.25, -0.2) is 14.8 Å². The molecule has 0 aliphatic heterocycles. The minimum atomic E-state index is -4.89. The minimum Gasteiger partial charge on any atom is -0.496 e. The van der Waals surface area contributed by atoms with E-state index in [-0.39, 0.29) is 28.4 Å². The van der Waals surface area contributed by atoms with E-state index in [0.29, 0.717) is 17.1 Å². The van der Waals surface area contributed by atoms with Gasteiger partial charge in [-0.05, 0) is 31.2 Å². The number of halogens is 4. The molecule has 0 aliphatic rings. The Bertz CT molecular complexity index is 1100. The highest BCUT2D eigenvalue weighted by molar-refractivity contribution is 6.34. The molecule has 0 radical (unpaired) electrons. The van der Waals surface area contributed by atoms with Crippen molar-refractivity contribution >= 4 is 28.6 Å². The highest BCUT2D eigenvalue weighted by Gasteiger charge is 2.38. The molecule has 0 saturated carbocycles. The molecule has 2 aromatic heterocycles. The van der Waals surface area contributed by atoms with Gasteiger partial charge >= 0.3 is 12.1 Å². The van der Waals surface area contributed by atoms with Crippen LogP contribution in [0.25, 0.3) is 22.3 Å². The number of ether oxygens (including phenoxy) is 3. The van der Waals surface area contributed by atoms with Crippen LogP contribution in [0, 0.1) is 0 Å². The molecule has 1 aromatic carbocycles. The third-order valence-electron chi connectivity index (χ3n) is 4.19. The van der Waals surface area contributed by atoms with Crippen LogP contribution in [-0.4, -0.2) is 36.8 Å². The molecular weight excluding hydrogens is 425 g/mol. The Morgan fingerprint density at radius 1 is 1.10 bits per heavy atom. The summed E-state index contributed by atoms with van der Waals surface area (Å²) in [4.78, 5) is 19.9. The standard InChI is InChI=1S/C20H16ClF3N2O4/c1-4-30-19(27)11-8-10-9-12(21)16(25-18(10)26-17(11)20(22,23)24)15-13(28-2)6-5-7-14(15)29-3/h5-9H,4H2,1-3H3. The predicted octanol–water partition coefficient (Wildman–Crippen LogP) is 5.16. The van der Waals surface area contributed by atoms with Crippen LogP contribution in [0.15, 0.2) is 30.3 Å². The largest absolute Gasteiger partial charge is 0.496 e. The number of carbonyl (C=O) groups excluding carboxylic acids is 1. The summed E-state index contributed by atoms with van der Waals surface area (Å²) in [6.07, 6.45) is -4.89. The van der Waals surface area contributed by atoms with Gasteiger partial charge in [0.2, 0.25) is 0 Å². The van der Waals surface area contributed by atoms with Gasteiger partial charge in [0.1, 0.15) is 11.5 Å². The Balaban J connectivity index is 2.31. The summed E-state index contributed by atoms with van der Waals surface area (Å²) in [6, 6.07) is 7.35. The zero-order valence-corrected chi connectivity index (χ0v) is 16.9. The summed E-state index contributed by atoms with van der Waals surface area (Å²) in [5, 5.41) is 0.260. The van der Waals surface area contributed by atoms with Gasteiger partial charge in [-0.1, -0.05) is 17.7 Å². The molecule has 0 atom stereocenters. The van der Waals surface area contributed by atoms with Crippen molar-refractivity contribution in [3.8, 4) is 22.8 Å². The number of esters is 1. The number of pyridine rings is 2. The van der Waals surface area contributed by atoms with Crippen LogP contribution in [0.5, 0.6) is 11.5 Å². The van der Waals surface area contributed by atoms with Crippen molar-refractivity contribution in [2.45, 2.75) is 13.1 Å². The fraction of sp³-hybridized carbons (Fsp3) is 0.250. The van der Waals surface area contributed by atoms with Gasteiger partial charge < -0.3 is 14.2 Å². The maximum atomic E-state index is 13.6. The van der Waals surface area contributed by atoms with Gasteiger partial charge in [-0.15, -0.1) is 0 Å². The fourth-order valence-corrected chi connectivity index (χ4v) is 3.17. The van der Waals surface area contributed by atoms with E-state index in [1.165, 1.54) is 27.2 Å². The lowest BCUT2D eigenvalue weighted by atomic mass is 10.1. The van der Waals surface area contributed by atoms with Crippen molar-refractivity contribution < 1.29 is 32.2 Å². The number of hydrogen-bond donors (Lipinski definition) is 0. The van der Waals surface area contributed by atoms with Crippen molar-refractivity contribution in [2.24, 2.45) is 0 Å². The summed E-state index contributed by atoms with van der Waals surface area (Å²) in [5.41, 5.74) is -1.86. The second kappa shape index (κ2) is 8.35. The smallest absolute Gasteiger partial charge is 0.434 e. The van der Waals surface area contributed by atoms with Crippen LogP contribution in [-0.2, 0) is 10.9 Å². The minimum absolute atomic E-state index is 0.0836. The highest BCUT2D eigenvalue weighted by atomic mass is 35.5. The first-order valence-electron chi connectivity index (χ1n) is 8.68. The van der Waals surface area contributed by atoms with Gasteiger partial charge in [0.05, 0.1) is 42.7 Å². The van der Waals surface area contributed by atoms with E-state index in [4.69, 9.17) is 25.8 Å². The Hall–Kier alpha value is -3.07. The first-order chi connectivity index (χ1) is 14.2. The molecule has 0 amide bonds. The van der Waals surface area contributed by atoms with E-state index in [1.54, 1.807) is 18.2 Å². The molecule has 0 spiro atoms. The van der Waals surface area contributed by atoms with Gasteiger partial charge in [0.25, 0.3) is 0 Å². The molecule has 0 saturated heterocycles. The number of nitrogens with zero attached hydrogens (tertiary/aromatic N) is 2. The van der Waals surface area contributed by atoms with E-state index < -0.39 is 23.4 Å². The molecule has 0 aliphatic carbocycles. The SMILES string of the molecule is CCOC(=O)c1cc2cc(Cl)c(-c3c(OC)cccc3OC)nc2nc1C(F)(F)F. The highest BCUT2D eigenvalue weighted by Crippen LogP contribution is 2.42. The maximum absolute atomic E-state index is 13.6. The maximum Gasteiger partial charge on any atom is 0.434 e. The molecule has 2 heterocycles. The Kier molecular flexibility index (Phi) is 6.02. The van der Waals surface area contributed by atoms with Crippen molar-refractivity contribution in [3.05, 3.63) is 46.6 Å². The van der Waals surface area contributed by atoms with Gasteiger partial charge in [0, 0.05) is 5.39 Å². The molecule has 10 heteroatoms. The van der Waals surface area contributed by atoms with E-state index in [0.717, 1.165) is 6.07 Å². The fourth-order valence-electron chi connectivity index (χ4n) is 2.92. The number of benzene rings is 1. The number of carbonyl (C=O) groups is 1. The normalized spacial score (nSPS) is 11.4. The lowest BCUT2D eigenvalue weighted by Crippen LogP contribution is -2.17. The van der Waals surface area contributed by atoms with E-state index in [1.807, 2.05) is 0 Å². The van der Waals surface area contributed by atoms with Crippen LogP contribution >= 0.6 is 11.6 Å². The molecule has 3 aromatic rings. The third kappa shape index (κ3) is 3.97. The van der Waals surface area contributed by atoms with Crippen LogP contribution in [0.2, 0.25) is 5.02 Å². The molecular formula is C20H16ClF3N2O4. The summed E-state index contributed by atoms with van der Waals surface area (Å²) >= 11 is 6.38. The van der Waals surface area contributed by atoms with Crippen molar-refractivity contribution in [2.75, 3.05) is 20.8 Å². The first-order valence-corrected chi connectivity index (χ1v) is 9.06. The summed E-state index contributed by atoms with van der Waals surface area (Å²) in [7, 11) is 2.86. The molecule has 0 fully saturated rings. The zero-order valence-electron chi connectivity index (χ0n) is 16.1. The molecule has 3 rings (SSSR count). The van der Waals surface area contributed by atoms with Gasteiger partial charge in [-0.3, -0.25) is 0 Å². The quantitative estimate of drug-likeness (QED) is 0.510. The van der Waals surface area contributed by atoms with Crippen LogP contribution in [0.4, 0.5) is 13.2 Å². The average molecular weight is 441 g/mol. The lowest BCUT2D eigenvalue weighted by molar-refractivity contribution is -0.141. The van der Waals surface area contributed by atoms with Crippen molar-refractivity contribution in [1.29, 1.82) is 0 Å². The Morgan fingerprint density at radius 3 is 2.27 bits per heavy atom. The number of alkyl halides is 3. The number of aromatic nitrogens is 2. The second-order valence-electron chi connectivity index (χ2n) is 6.01. The number of fused-ring (bicyclic) bond motifs is 1. The lowest BCUT2D eigenvalue weighted by Gasteiger charge is -2.15. The Morgan fingerprint density at radius 2 is 1.73 bits per heavy atom.